The number of carbonyl (C=O) groups is 1. The predicted octanol–water partition coefficient (Wildman–Crippen LogP) is 1.38. The van der Waals surface area contributed by atoms with Gasteiger partial charge in [0.15, 0.2) is 0 Å². The molecule has 1 fully saturated rings. The van der Waals surface area contributed by atoms with E-state index in [9.17, 15) is 13.2 Å². The van der Waals surface area contributed by atoms with E-state index < -0.39 is 16.0 Å². The van der Waals surface area contributed by atoms with E-state index in [0.717, 1.165) is 30.8 Å². The van der Waals surface area contributed by atoms with Gasteiger partial charge in [-0.05, 0) is 30.7 Å². The second-order valence-corrected chi connectivity index (χ2v) is 7.08. The van der Waals surface area contributed by atoms with Gasteiger partial charge in [0.05, 0.1) is 13.2 Å². The summed E-state index contributed by atoms with van der Waals surface area (Å²) in [7, 11) is -2.46. The molecule has 1 aromatic rings. The van der Waals surface area contributed by atoms with Crippen molar-refractivity contribution in [2.24, 2.45) is 0 Å². The largest absolute Gasteiger partial charge is 0.465 e. The molecule has 112 valence electrons. The lowest BCUT2D eigenvalue weighted by atomic mass is 10.2. The highest BCUT2D eigenvalue weighted by Gasteiger charge is 2.25. The fourth-order valence-corrected chi connectivity index (χ4v) is 4.43. The molecule has 0 amide bonds. The Morgan fingerprint density at radius 2 is 2.40 bits per heavy atom. The van der Waals surface area contributed by atoms with E-state index in [0.29, 0.717) is 13.0 Å². The number of esters is 1. The number of hydrogen-bond acceptors (Lipinski definition) is 6. The van der Waals surface area contributed by atoms with Gasteiger partial charge in [0, 0.05) is 13.2 Å². The van der Waals surface area contributed by atoms with Gasteiger partial charge < -0.3 is 9.47 Å². The molecule has 0 aliphatic carbocycles. The van der Waals surface area contributed by atoms with Gasteiger partial charge in [0.2, 0.25) is 10.0 Å². The van der Waals surface area contributed by atoms with Gasteiger partial charge in [0.1, 0.15) is 9.77 Å². The van der Waals surface area contributed by atoms with Crippen LogP contribution in [-0.4, -0.2) is 40.8 Å². The van der Waals surface area contributed by atoms with Gasteiger partial charge >= 0.3 is 5.97 Å². The van der Waals surface area contributed by atoms with Gasteiger partial charge in [0.25, 0.3) is 0 Å². The van der Waals surface area contributed by atoms with Crippen molar-refractivity contribution in [2.75, 3.05) is 20.3 Å². The second kappa shape index (κ2) is 6.66. The Morgan fingerprint density at radius 3 is 3.05 bits per heavy atom. The summed E-state index contributed by atoms with van der Waals surface area (Å²) < 4.78 is 36.8. The van der Waals surface area contributed by atoms with Gasteiger partial charge in [-0.3, -0.25) is 0 Å². The summed E-state index contributed by atoms with van der Waals surface area (Å²) in [4.78, 5) is 11.6. The molecule has 8 heteroatoms. The van der Waals surface area contributed by atoms with Crippen LogP contribution in [0.2, 0.25) is 0 Å². The van der Waals surface area contributed by atoms with Crippen molar-refractivity contribution in [3.05, 3.63) is 16.3 Å². The number of hydrogen-bond donors (Lipinski definition) is 1. The van der Waals surface area contributed by atoms with E-state index in [1.807, 2.05) is 0 Å². The molecular weight excluding hydrogens is 302 g/mol. The summed E-state index contributed by atoms with van der Waals surface area (Å²) in [5.74, 6) is -0.639. The van der Waals surface area contributed by atoms with Gasteiger partial charge in [-0.25, -0.2) is 17.9 Å². The molecule has 1 atom stereocenters. The summed E-state index contributed by atoms with van der Waals surface area (Å²) in [6, 6.07) is 1.41. The van der Waals surface area contributed by atoms with Crippen LogP contribution in [0.25, 0.3) is 0 Å². The Labute approximate surface area is 122 Å². The van der Waals surface area contributed by atoms with Crippen LogP contribution in [0.3, 0.4) is 0 Å². The Balaban J connectivity index is 1.99. The first-order valence-electron chi connectivity index (χ1n) is 6.31. The molecule has 2 heterocycles. The molecule has 0 aromatic carbocycles. The highest BCUT2D eigenvalue weighted by atomic mass is 32.2. The molecule has 1 unspecified atom stereocenters. The summed E-state index contributed by atoms with van der Waals surface area (Å²) in [6.07, 6.45) is 2.75. The maximum Gasteiger partial charge on any atom is 0.349 e. The lowest BCUT2D eigenvalue weighted by Crippen LogP contribution is -2.28. The number of nitrogens with one attached hydrogen (secondary N) is 1. The summed E-state index contributed by atoms with van der Waals surface area (Å²) >= 11 is 1.05. The highest BCUT2D eigenvalue weighted by Crippen LogP contribution is 2.23. The zero-order valence-corrected chi connectivity index (χ0v) is 12.8. The lowest BCUT2D eigenvalue weighted by Gasteiger charge is -2.10. The number of thiophene rings is 1. The fourth-order valence-electron chi connectivity index (χ4n) is 2.05. The van der Waals surface area contributed by atoms with Crippen molar-refractivity contribution in [2.45, 2.75) is 30.3 Å². The molecule has 1 saturated heterocycles. The Bertz CT molecular complexity index is 560. The van der Waals surface area contributed by atoms with Crippen molar-refractivity contribution < 1.29 is 22.7 Å². The van der Waals surface area contributed by atoms with Crippen LogP contribution in [0.4, 0.5) is 0 Å². The van der Waals surface area contributed by atoms with Crippen LogP contribution < -0.4 is 4.72 Å². The third-order valence-electron chi connectivity index (χ3n) is 3.07. The first-order chi connectivity index (χ1) is 9.54. The Kier molecular flexibility index (Phi) is 5.14. The molecule has 6 nitrogen and oxygen atoms in total. The lowest BCUT2D eigenvalue weighted by molar-refractivity contribution is 0.0602. The van der Waals surface area contributed by atoms with E-state index in [-0.39, 0.29) is 15.9 Å². The Morgan fingerprint density at radius 1 is 1.60 bits per heavy atom. The van der Waals surface area contributed by atoms with Crippen molar-refractivity contribution >= 4 is 27.3 Å². The fraction of sp³-hybridized carbons (Fsp3) is 0.583. The number of sulfonamides is 1. The first-order valence-corrected chi connectivity index (χ1v) is 8.68. The molecular formula is C12H17NO5S2. The minimum Gasteiger partial charge on any atom is -0.465 e. The average Bonchev–Trinajstić information content (AvgIpc) is 3.08. The van der Waals surface area contributed by atoms with Crippen LogP contribution in [0.15, 0.2) is 16.3 Å². The van der Waals surface area contributed by atoms with Crippen LogP contribution in [0.1, 0.15) is 28.9 Å². The molecule has 0 radical (unpaired) electrons. The van der Waals surface area contributed by atoms with Gasteiger partial charge in [-0.15, -0.1) is 11.3 Å². The normalized spacial score (nSPS) is 19.1. The summed E-state index contributed by atoms with van der Waals surface area (Å²) in [5, 5.41) is 1.56. The molecule has 2 rings (SSSR count). The van der Waals surface area contributed by atoms with Crippen LogP contribution in [0.5, 0.6) is 0 Å². The van der Waals surface area contributed by atoms with E-state index in [2.05, 4.69) is 9.46 Å². The van der Waals surface area contributed by atoms with E-state index >= 15 is 0 Å². The standard InChI is InChI=1S/C12H17NO5S2/c1-17-12(14)11-10(5-8-19-11)20(15,16)13-6-4-9-3-2-7-18-9/h5,8-9,13H,2-4,6-7H2,1H3. The minimum atomic E-state index is -3.69. The quantitative estimate of drug-likeness (QED) is 0.801. The molecule has 0 saturated carbocycles. The Hall–Kier alpha value is -0.960. The first kappa shape index (κ1) is 15.4. The topological polar surface area (TPSA) is 81.7 Å². The van der Waals surface area contributed by atoms with Crippen molar-refractivity contribution in [1.29, 1.82) is 0 Å². The molecule has 1 aliphatic heterocycles. The monoisotopic (exact) mass is 319 g/mol. The number of ether oxygens (including phenoxy) is 2. The van der Waals surface area contributed by atoms with E-state index in [1.54, 1.807) is 5.38 Å². The second-order valence-electron chi connectivity index (χ2n) is 4.43. The third-order valence-corrected chi connectivity index (χ3v) is 5.60. The predicted molar refractivity (Wildman–Crippen MR) is 74.4 cm³/mol. The SMILES string of the molecule is COC(=O)c1sccc1S(=O)(=O)NCCC1CCCO1. The number of methoxy groups -OCH3 is 1. The maximum atomic E-state index is 12.2. The van der Waals surface area contributed by atoms with Crippen LogP contribution in [0, 0.1) is 0 Å². The van der Waals surface area contributed by atoms with E-state index in [1.165, 1.54) is 13.2 Å². The van der Waals surface area contributed by atoms with E-state index in [4.69, 9.17) is 4.74 Å². The smallest absolute Gasteiger partial charge is 0.349 e. The molecule has 0 bridgehead atoms. The van der Waals surface area contributed by atoms with Gasteiger partial charge in [-0.2, -0.15) is 0 Å². The zero-order valence-electron chi connectivity index (χ0n) is 11.1. The molecule has 0 spiro atoms. The van der Waals surface area contributed by atoms with Crippen LogP contribution in [-0.2, 0) is 19.5 Å². The average molecular weight is 319 g/mol. The third kappa shape index (κ3) is 3.57. The zero-order chi connectivity index (χ0) is 14.6. The molecule has 20 heavy (non-hydrogen) atoms. The molecule has 1 aromatic heterocycles. The summed E-state index contributed by atoms with van der Waals surface area (Å²) in [5.41, 5.74) is 0. The maximum absolute atomic E-state index is 12.2. The van der Waals surface area contributed by atoms with Gasteiger partial charge in [-0.1, -0.05) is 0 Å². The number of rotatable bonds is 6. The molecule has 1 N–H and O–H groups in total. The van der Waals surface area contributed by atoms with Crippen molar-refractivity contribution in [1.82, 2.24) is 4.72 Å². The number of carbonyl (C=O) groups excluding carboxylic acids is 1. The van der Waals surface area contributed by atoms with Crippen molar-refractivity contribution in [3.63, 3.8) is 0 Å². The minimum absolute atomic E-state index is 0.0262. The molecule has 1 aliphatic rings. The highest BCUT2D eigenvalue weighted by molar-refractivity contribution is 7.89. The summed E-state index contributed by atoms with van der Waals surface area (Å²) in [6.45, 7) is 1.04. The van der Waals surface area contributed by atoms with Crippen LogP contribution >= 0.6 is 11.3 Å². The van der Waals surface area contributed by atoms with Crippen molar-refractivity contribution in [3.8, 4) is 0 Å².